The number of H-pyrrole nitrogens is 1. The molecule has 1 amide bonds. The van der Waals surface area contributed by atoms with Crippen LogP contribution in [0.2, 0.25) is 0 Å². The van der Waals surface area contributed by atoms with Gasteiger partial charge in [-0.05, 0) is 6.42 Å². The third-order valence-corrected chi connectivity index (χ3v) is 3.93. The van der Waals surface area contributed by atoms with Crippen LogP contribution in [-0.2, 0) is 16.1 Å². The highest BCUT2D eigenvalue weighted by Gasteiger charge is 2.29. The average molecular weight is 325 g/mol. The third kappa shape index (κ3) is 3.62. The van der Waals surface area contributed by atoms with Crippen molar-refractivity contribution < 1.29 is 18.8 Å². The Morgan fingerprint density at radius 2 is 2.50 bits per heavy atom. The second kappa shape index (κ2) is 6.86. The number of ether oxygens (including phenoxy) is 2. The number of aromatic amines is 1. The Morgan fingerprint density at radius 1 is 1.59 bits per heavy atom. The quantitative estimate of drug-likeness (QED) is 0.830. The van der Waals surface area contributed by atoms with Crippen LogP contribution < -0.4 is 10.9 Å². The van der Waals surface area contributed by atoms with Crippen LogP contribution in [0.5, 0.6) is 0 Å². The molecule has 0 aromatic carbocycles. The van der Waals surface area contributed by atoms with Gasteiger partial charge >= 0.3 is 0 Å². The molecule has 0 radical (unpaired) electrons. The summed E-state index contributed by atoms with van der Waals surface area (Å²) in [4.78, 5) is 27.2. The van der Waals surface area contributed by atoms with Crippen molar-refractivity contribution in [1.29, 1.82) is 0 Å². The third-order valence-electron chi connectivity index (χ3n) is 3.30. The van der Waals surface area contributed by atoms with Crippen molar-refractivity contribution >= 4 is 17.2 Å². The second-order valence-electron chi connectivity index (χ2n) is 4.85. The van der Waals surface area contributed by atoms with Gasteiger partial charge in [-0.3, -0.25) is 9.59 Å². The maximum atomic E-state index is 12.0. The predicted octanol–water partition coefficient (Wildman–Crippen LogP) is 0.528. The van der Waals surface area contributed by atoms with Crippen LogP contribution in [-0.4, -0.2) is 41.4 Å². The van der Waals surface area contributed by atoms with Gasteiger partial charge in [0.05, 0.1) is 36.5 Å². The lowest BCUT2D eigenvalue weighted by atomic mass is 10.1. The summed E-state index contributed by atoms with van der Waals surface area (Å²) in [5.74, 6) is -0.498. The van der Waals surface area contributed by atoms with Crippen molar-refractivity contribution in [3.05, 3.63) is 38.8 Å². The number of aromatic nitrogens is 2. The average Bonchev–Trinajstić information content (AvgIpc) is 3.17. The molecule has 22 heavy (non-hydrogen) atoms. The Balaban J connectivity index is 1.59. The maximum Gasteiger partial charge on any atom is 0.290 e. The number of amides is 1. The molecule has 3 heterocycles. The molecule has 2 aromatic heterocycles. The monoisotopic (exact) mass is 325 g/mol. The predicted molar refractivity (Wildman–Crippen MR) is 76.7 cm³/mol. The van der Waals surface area contributed by atoms with Crippen LogP contribution in [0.3, 0.4) is 0 Å². The number of rotatable bonds is 5. The van der Waals surface area contributed by atoms with E-state index in [1.54, 1.807) is 5.51 Å². The van der Waals surface area contributed by atoms with Crippen molar-refractivity contribution in [1.82, 2.24) is 15.5 Å². The lowest BCUT2D eigenvalue weighted by molar-refractivity contribution is -0.0743. The first-order chi connectivity index (χ1) is 10.7. The van der Waals surface area contributed by atoms with E-state index in [2.05, 4.69) is 15.5 Å². The van der Waals surface area contributed by atoms with E-state index < -0.39 is 11.5 Å². The summed E-state index contributed by atoms with van der Waals surface area (Å²) in [5, 5.41) is 6.81. The zero-order valence-corrected chi connectivity index (χ0v) is 12.4. The van der Waals surface area contributed by atoms with E-state index in [9.17, 15) is 9.59 Å². The minimum Gasteiger partial charge on any atom is -0.379 e. The highest BCUT2D eigenvalue weighted by Crippen LogP contribution is 2.14. The number of carbonyl (C=O) groups excluding carboxylic acids is 1. The van der Waals surface area contributed by atoms with E-state index in [1.165, 1.54) is 11.3 Å². The fraction of sp³-hybridized carbons (Fsp3) is 0.462. The minimum atomic E-state index is -0.451. The summed E-state index contributed by atoms with van der Waals surface area (Å²) in [5.41, 5.74) is 2.13. The van der Waals surface area contributed by atoms with Gasteiger partial charge in [-0.25, -0.2) is 4.98 Å². The first-order valence-corrected chi connectivity index (χ1v) is 7.72. The zero-order chi connectivity index (χ0) is 15.4. The van der Waals surface area contributed by atoms with Gasteiger partial charge in [-0.1, -0.05) is 0 Å². The molecule has 2 aromatic rings. The van der Waals surface area contributed by atoms with E-state index in [0.29, 0.717) is 26.2 Å². The Bertz CT molecular complexity index is 665. The van der Waals surface area contributed by atoms with Gasteiger partial charge in [-0.15, -0.1) is 11.3 Å². The minimum absolute atomic E-state index is 0.0465. The van der Waals surface area contributed by atoms with Crippen molar-refractivity contribution in [2.75, 3.05) is 13.2 Å². The summed E-state index contributed by atoms with van der Waals surface area (Å²) < 4.78 is 16.0. The molecule has 9 heteroatoms. The maximum absolute atomic E-state index is 12.0. The van der Waals surface area contributed by atoms with Crippen molar-refractivity contribution in [2.24, 2.45) is 0 Å². The van der Waals surface area contributed by atoms with Crippen molar-refractivity contribution in [2.45, 2.75) is 25.2 Å². The summed E-state index contributed by atoms with van der Waals surface area (Å²) in [6.07, 6.45) is 0.354. The molecule has 0 spiro atoms. The Morgan fingerprint density at radius 3 is 3.23 bits per heavy atom. The van der Waals surface area contributed by atoms with Gasteiger partial charge in [0.2, 0.25) is 5.76 Å². The van der Waals surface area contributed by atoms with Gasteiger partial charge < -0.3 is 19.3 Å². The largest absolute Gasteiger partial charge is 0.379 e. The highest BCUT2D eigenvalue weighted by molar-refractivity contribution is 7.07. The van der Waals surface area contributed by atoms with Crippen LogP contribution in [0, 0.1) is 0 Å². The lowest BCUT2D eigenvalue weighted by Crippen LogP contribution is -2.49. The molecule has 118 valence electrons. The second-order valence-corrected chi connectivity index (χ2v) is 5.57. The van der Waals surface area contributed by atoms with Crippen molar-refractivity contribution in [3.63, 3.8) is 0 Å². The van der Waals surface area contributed by atoms with Crippen LogP contribution >= 0.6 is 11.3 Å². The molecule has 1 fully saturated rings. The number of nitrogens with zero attached hydrogens (tertiary/aromatic N) is 1. The molecule has 0 unspecified atom stereocenters. The zero-order valence-electron chi connectivity index (χ0n) is 11.6. The molecule has 0 aliphatic carbocycles. The Kier molecular flexibility index (Phi) is 4.66. The molecule has 1 aliphatic heterocycles. The van der Waals surface area contributed by atoms with Crippen molar-refractivity contribution in [3.8, 4) is 0 Å². The molecular formula is C13H15N3O5S. The summed E-state index contributed by atoms with van der Waals surface area (Å²) in [6.45, 7) is 1.30. The topological polar surface area (TPSA) is 106 Å². The molecule has 8 nitrogen and oxygen atoms in total. The molecule has 0 bridgehead atoms. The number of hydrogen-bond acceptors (Lipinski definition) is 7. The fourth-order valence-electron chi connectivity index (χ4n) is 2.18. The first kappa shape index (κ1) is 14.9. The number of nitrogens with one attached hydrogen (secondary N) is 2. The Hall–Kier alpha value is -1.97. The molecule has 0 saturated carbocycles. The SMILES string of the molecule is O=C(N[C@@H]1CCOC[C@H]1OCc1cscn1)c1cc(=O)[nH]o1. The van der Waals surface area contributed by atoms with Gasteiger partial charge in [0.25, 0.3) is 11.5 Å². The van der Waals surface area contributed by atoms with Crippen LogP contribution in [0.15, 0.2) is 26.3 Å². The van der Waals surface area contributed by atoms with Crippen LogP contribution in [0.1, 0.15) is 22.7 Å². The normalized spacial score (nSPS) is 21.6. The number of hydrogen-bond donors (Lipinski definition) is 2. The van der Waals surface area contributed by atoms with Crippen LogP contribution in [0.4, 0.5) is 0 Å². The fourth-order valence-corrected chi connectivity index (χ4v) is 2.72. The van der Waals surface area contributed by atoms with Gasteiger partial charge in [0.15, 0.2) is 0 Å². The molecule has 2 N–H and O–H groups in total. The van der Waals surface area contributed by atoms with Gasteiger partial charge in [-0.2, -0.15) is 5.16 Å². The summed E-state index contributed by atoms with van der Waals surface area (Å²) >= 11 is 1.50. The smallest absolute Gasteiger partial charge is 0.290 e. The molecule has 1 saturated heterocycles. The first-order valence-electron chi connectivity index (χ1n) is 6.78. The van der Waals surface area contributed by atoms with E-state index in [0.717, 1.165) is 11.8 Å². The standard InChI is InChI=1S/C13H15N3O5S/c17-12-3-10(21-16-12)13(18)15-9-1-2-19-5-11(9)20-4-8-6-22-7-14-8/h3,6-7,9,11H,1-2,4-5H2,(H,15,18)(H,16,17)/t9-,11-/m1/s1. The highest BCUT2D eigenvalue weighted by atomic mass is 32.1. The van der Waals surface area contributed by atoms with Crippen LogP contribution in [0.25, 0.3) is 0 Å². The van der Waals surface area contributed by atoms with E-state index in [-0.39, 0.29) is 17.9 Å². The van der Waals surface area contributed by atoms with Gasteiger partial charge in [0.1, 0.15) is 6.10 Å². The molecular weight excluding hydrogens is 310 g/mol. The van der Waals surface area contributed by atoms with E-state index >= 15 is 0 Å². The molecule has 1 aliphatic rings. The Labute approximate surface area is 129 Å². The number of thiazole rings is 1. The molecule has 2 atom stereocenters. The van der Waals surface area contributed by atoms with E-state index in [4.69, 9.17) is 14.0 Å². The summed E-state index contributed by atoms with van der Waals surface area (Å²) in [7, 11) is 0. The van der Waals surface area contributed by atoms with E-state index in [1.807, 2.05) is 5.38 Å². The summed E-state index contributed by atoms with van der Waals surface area (Å²) in [6, 6.07) is 0.903. The molecule has 3 rings (SSSR count). The number of carbonyl (C=O) groups is 1. The lowest BCUT2D eigenvalue weighted by Gasteiger charge is -2.31. The van der Waals surface area contributed by atoms with Gasteiger partial charge in [0, 0.05) is 12.0 Å².